The zero-order valence-electron chi connectivity index (χ0n) is 8.38. The SMILES string of the molecule is COC(=O)Cc1cccc(F)c1OC(F)F. The van der Waals surface area contributed by atoms with Gasteiger partial charge < -0.3 is 9.47 Å². The molecule has 0 aliphatic rings. The topological polar surface area (TPSA) is 35.5 Å². The Balaban J connectivity index is 2.98. The molecule has 0 bridgehead atoms. The molecule has 0 heterocycles. The normalized spacial score (nSPS) is 10.3. The van der Waals surface area contributed by atoms with E-state index in [0.29, 0.717) is 0 Å². The van der Waals surface area contributed by atoms with Crippen LogP contribution >= 0.6 is 0 Å². The van der Waals surface area contributed by atoms with Crippen molar-refractivity contribution in [1.29, 1.82) is 0 Å². The van der Waals surface area contributed by atoms with Crippen LogP contribution in [0.15, 0.2) is 18.2 Å². The van der Waals surface area contributed by atoms with E-state index in [2.05, 4.69) is 9.47 Å². The maximum absolute atomic E-state index is 13.2. The molecule has 6 heteroatoms. The van der Waals surface area contributed by atoms with Gasteiger partial charge in [0.15, 0.2) is 11.6 Å². The lowest BCUT2D eigenvalue weighted by molar-refractivity contribution is -0.139. The Kier molecular flexibility index (Phi) is 4.16. The van der Waals surface area contributed by atoms with Gasteiger partial charge in [0.1, 0.15) is 0 Å². The predicted molar refractivity (Wildman–Crippen MR) is 48.8 cm³/mol. The average Bonchev–Trinajstić information content (AvgIpc) is 2.22. The monoisotopic (exact) mass is 234 g/mol. The second kappa shape index (κ2) is 5.39. The van der Waals surface area contributed by atoms with Gasteiger partial charge in [-0.3, -0.25) is 4.79 Å². The van der Waals surface area contributed by atoms with E-state index in [0.717, 1.165) is 13.2 Å². The first kappa shape index (κ1) is 12.4. The van der Waals surface area contributed by atoms with E-state index in [4.69, 9.17) is 0 Å². The molecule has 0 amide bonds. The van der Waals surface area contributed by atoms with Crippen molar-refractivity contribution in [3.05, 3.63) is 29.6 Å². The molecule has 1 rings (SSSR count). The van der Waals surface area contributed by atoms with E-state index in [9.17, 15) is 18.0 Å². The average molecular weight is 234 g/mol. The molecule has 1 aromatic rings. The third-order valence-corrected chi connectivity index (χ3v) is 1.82. The third-order valence-electron chi connectivity index (χ3n) is 1.82. The maximum atomic E-state index is 13.2. The Morgan fingerprint density at radius 3 is 2.69 bits per heavy atom. The summed E-state index contributed by atoms with van der Waals surface area (Å²) in [5, 5.41) is 0. The zero-order chi connectivity index (χ0) is 12.1. The summed E-state index contributed by atoms with van der Waals surface area (Å²) in [6, 6.07) is 3.59. The van der Waals surface area contributed by atoms with Crippen molar-refractivity contribution in [3.63, 3.8) is 0 Å². The van der Waals surface area contributed by atoms with E-state index < -0.39 is 24.1 Å². The minimum Gasteiger partial charge on any atom is -0.469 e. The highest BCUT2D eigenvalue weighted by Gasteiger charge is 2.16. The molecule has 0 saturated heterocycles. The summed E-state index contributed by atoms with van der Waals surface area (Å²) in [5.41, 5.74) is 0.0205. The number of alkyl halides is 2. The second-order valence-corrected chi connectivity index (χ2v) is 2.86. The van der Waals surface area contributed by atoms with Crippen LogP contribution in [-0.2, 0) is 16.0 Å². The molecule has 0 aliphatic carbocycles. The van der Waals surface area contributed by atoms with Gasteiger partial charge in [-0.25, -0.2) is 4.39 Å². The first-order valence-electron chi connectivity index (χ1n) is 4.33. The fourth-order valence-corrected chi connectivity index (χ4v) is 1.14. The summed E-state index contributed by atoms with van der Waals surface area (Å²) in [7, 11) is 1.15. The summed E-state index contributed by atoms with van der Waals surface area (Å²) in [5.74, 6) is -2.23. The largest absolute Gasteiger partial charge is 0.469 e. The fourth-order valence-electron chi connectivity index (χ4n) is 1.14. The minimum absolute atomic E-state index is 0.0205. The van der Waals surface area contributed by atoms with Crippen LogP contribution in [0.25, 0.3) is 0 Å². The lowest BCUT2D eigenvalue weighted by Crippen LogP contribution is -2.10. The molecule has 0 saturated carbocycles. The van der Waals surface area contributed by atoms with Gasteiger partial charge in [-0.05, 0) is 6.07 Å². The lowest BCUT2D eigenvalue weighted by atomic mass is 10.1. The highest BCUT2D eigenvalue weighted by Crippen LogP contribution is 2.25. The Bertz CT molecular complexity index is 380. The number of hydrogen-bond acceptors (Lipinski definition) is 3. The van der Waals surface area contributed by atoms with Crippen molar-refractivity contribution in [3.8, 4) is 5.75 Å². The van der Waals surface area contributed by atoms with E-state index in [-0.39, 0.29) is 12.0 Å². The van der Waals surface area contributed by atoms with E-state index in [1.54, 1.807) is 0 Å². The van der Waals surface area contributed by atoms with Gasteiger partial charge in [0.05, 0.1) is 13.5 Å². The van der Waals surface area contributed by atoms with Gasteiger partial charge in [0.2, 0.25) is 0 Å². The molecule has 0 fully saturated rings. The molecular weight excluding hydrogens is 225 g/mol. The zero-order valence-corrected chi connectivity index (χ0v) is 8.38. The molecule has 0 spiro atoms. The Hall–Kier alpha value is -1.72. The molecule has 0 unspecified atom stereocenters. The van der Waals surface area contributed by atoms with Crippen LogP contribution in [0.1, 0.15) is 5.56 Å². The summed E-state index contributed by atoms with van der Waals surface area (Å²) in [6.07, 6.45) is -0.323. The van der Waals surface area contributed by atoms with Crippen molar-refractivity contribution in [2.24, 2.45) is 0 Å². The number of halogens is 3. The van der Waals surface area contributed by atoms with Crippen molar-refractivity contribution in [2.45, 2.75) is 13.0 Å². The minimum atomic E-state index is -3.15. The van der Waals surface area contributed by atoms with Crippen LogP contribution in [-0.4, -0.2) is 19.7 Å². The molecule has 0 aromatic heterocycles. The van der Waals surface area contributed by atoms with E-state index >= 15 is 0 Å². The highest BCUT2D eigenvalue weighted by atomic mass is 19.3. The number of methoxy groups -OCH3 is 1. The third kappa shape index (κ3) is 3.15. The lowest BCUT2D eigenvalue weighted by Gasteiger charge is -2.10. The highest BCUT2D eigenvalue weighted by molar-refractivity contribution is 5.73. The van der Waals surface area contributed by atoms with Gasteiger partial charge in [0, 0.05) is 5.56 Å². The number of carbonyl (C=O) groups is 1. The van der Waals surface area contributed by atoms with Crippen LogP contribution in [0.3, 0.4) is 0 Å². The maximum Gasteiger partial charge on any atom is 0.387 e. The number of rotatable bonds is 4. The van der Waals surface area contributed by atoms with Crippen LogP contribution in [0, 0.1) is 5.82 Å². The molecule has 16 heavy (non-hydrogen) atoms. The molecule has 0 N–H and O–H groups in total. The van der Waals surface area contributed by atoms with E-state index in [1.165, 1.54) is 12.1 Å². The fraction of sp³-hybridized carbons (Fsp3) is 0.300. The summed E-state index contributed by atoms with van der Waals surface area (Å²) >= 11 is 0. The predicted octanol–water partition coefficient (Wildman–Crippen LogP) is 2.14. The van der Waals surface area contributed by atoms with Crippen LogP contribution in [0.2, 0.25) is 0 Å². The summed E-state index contributed by atoms with van der Waals surface area (Å²) < 4.78 is 45.5. The standard InChI is InChI=1S/C10H9F3O3/c1-15-8(14)5-6-3-2-4-7(11)9(6)16-10(12)13/h2-4,10H,5H2,1H3. The smallest absolute Gasteiger partial charge is 0.387 e. The second-order valence-electron chi connectivity index (χ2n) is 2.86. The Labute approximate surface area is 89.8 Å². The Morgan fingerprint density at radius 1 is 1.44 bits per heavy atom. The summed E-state index contributed by atoms with van der Waals surface area (Å²) in [6.45, 7) is -3.15. The van der Waals surface area contributed by atoms with Gasteiger partial charge >= 0.3 is 12.6 Å². The van der Waals surface area contributed by atoms with Crippen LogP contribution in [0.4, 0.5) is 13.2 Å². The van der Waals surface area contributed by atoms with E-state index in [1.807, 2.05) is 0 Å². The molecule has 0 radical (unpaired) electrons. The van der Waals surface area contributed by atoms with Gasteiger partial charge in [-0.2, -0.15) is 8.78 Å². The number of benzene rings is 1. The molecule has 0 atom stereocenters. The van der Waals surface area contributed by atoms with Crippen LogP contribution in [0.5, 0.6) is 5.75 Å². The van der Waals surface area contributed by atoms with Crippen molar-refractivity contribution < 1.29 is 27.4 Å². The Morgan fingerprint density at radius 2 is 2.12 bits per heavy atom. The number of ether oxygens (including phenoxy) is 2. The molecular formula is C10H9F3O3. The number of esters is 1. The number of hydrogen-bond donors (Lipinski definition) is 0. The summed E-state index contributed by atoms with van der Waals surface area (Å²) in [4.78, 5) is 10.9. The van der Waals surface area contributed by atoms with Crippen LogP contribution < -0.4 is 4.74 Å². The van der Waals surface area contributed by atoms with Gasteiger partial charge in [-0.15, -0.1) is 0 Å². The molecule has 0 aliphatic heterocycles. The number of para-hydroxylation sites is 1. The van der Waals surface area contributed by atoms with Crippen molar-refractivity contribution in [2.75, 3.05) is 7.11 Å². The molecule has 88 valence electrons. The molecule has 1 aromatic carbocycles. The number of carbonyl (C=O) groups excluding carboxylic acids is 1. The van der Waals surface area contributed by atoms with Crippen molar-refractivity contribution >= 4 is 5.97 Å². The van der Waals surface area contributed by atoms with Crippen molar-refractivity contribution in [1.82, 2.24) is 0 Å². The molecule has 3 nitrogen and oxygen atoms in total. The quantitative estimate of drug-likeness (QED) is 0.749. The van der Waals surface area contributed by atoms with Gasteiger partial charge in [0.25, 0.3) is 0 Å². The first-order chi connectivity index (χ1) is 7.54. The first-order valence-corrected chi connectivity index (χ1v) is 4.33. The van der Waals surface area contributed by atoms with Gasteiger partial charge in [-0.1, -0.05) is 12.1 Å².